The molecule has 0 bridgehead atoms. The number of fused-ring (bicyclic) bond motifs is 1. The van der Waals surface area contributed by atoms with E-state index in [9.17, 15) is 22.6 Å². The van der Waals surface area contributed by atoms with Crippen molar-refractivity contribution >= 4 is 54.6 Å². The monoisotopic (exact) mass is 554 g/mol. The molecule has 0 radical (unpaired) electrons. The molecule has 0 aliphatic carbocycles. The second kappa shape index (κ2) is 11.8. The van der Waals surface area contributed by atoms with Crippen molar-refractivity contribution in [3.63, 3.8) is 0 Å². The van der Waals surface area contributed by atoms with Crippen LogP contribution in [0, 0.1) is 0 Å². The van der Waals surface area contributed by atoms with Crippen LogP contribution >= 0.6 is 0 Å². The Bertz CT molecular complexity index is 1740. The molecule has 10 nitrogen and oxygen atoms in total. The van der Waals surface area contributed by atoms with Crippen LogP contribution in [0.2, 0.25) is 0 Å². The van der Waals surface area contributed by atoms with Gasteiger partial charge in [-0.25, -0.2) is 0 Å². The highest BCUT2D eigenvalue weighted by atomic mass is 32.2. The topological polar surface area (TPSA) is 164 Å². The van der Waals surface area contributed by atoms with E-state index in [4.69, 9.17) is 12.6 Å². The zero-order valence-corrected chi connectivity index (χ0v) is 21.8. The Morgan fingerprint density at radius 2 is 1.29 bits per heavy atom. The molecule has 0 aromatic heterocycles. The molecule has 0 saturated heterocycles. The first-order chi connectivity index (χ1) is 17.9. The molecule has 0 unspecified atom stereocenters. The fourth-order valence-electron chi connectivity index (χ4n) is 3.68. The molecule has 0 aliphatic rings. The zero-order chi connectivity index (χ0) is 28.0. The summed E-state index contributed by atoms with van der Waals surface area (Å²) in [6, 6.07) is 21.7. The summed E-state index contributed by atoms with van der Waals surface area (Å²) in [5, 5.41) is 7.28. The molecule has 196 valence electrons. The predicted octanol–water partition coefficient (Wildman–Crippen LogP) is 4.25. The van der Waals surface area contributed by atoms with Crippen LogP contribution in [0.15, 0.2) is 83.8 Å². The largest absolute Gasteiger partial charge is 0.425 e. The lowest BCUT2D eigenvalue weighted by atomic mass is 10.0. The number of amides is 1. The van der Waals surface area contributed by atoms with Gasteiger partial charge in [-0.1, -0.05) is 36.4 Å². The van der Waals surface area contributed by atoms with Gasteiger partial charge in [0.05, 0.1) is 0 Å². The predicted molar refractivity (Wildman–Crippen MR) is 143 cm³/mol. The molecular weight excluding hydrogens is 532 g/mol. The molecule has 4 aromatic carbocycles. The molecule has 0 aliphatic heterocycles. The average Bonchev–Trinajstić information content (AvgIpc) is 2.87. The minimum atomic E-state index is -4.55. The lowest BCUT2D eigenvalue weighted by Crippen LogP contribution is -2.12. The Morgan fingerprint density at radius 3 is 1.82 bits per heavy atom. The normalized spacial score (nSPS) is 10.7. The second-order valence-electron chi connectivity index (χ2n) is 8.00. The van der Waals surface area contributed by atoms with Crippen LogP contribution in [0.4, 0.5) is 11.4 Å². The van der Waals surface area contributed by atoms with Gasteiger partial charge in [-0.2, -0.15) is 8.42 Å². The van der Waals surface area contributed by atoms with Gasteiger partial charge in [0.2, 0.25) is 0 Å². The quantitative estimate of drug-likeness (QED) is 0.233. The maximum atomic E-state index is 12.8. The van der Waals surface area contributed by atoms with Crippen molar-refractivity contribution in [3.8, 4) is 11.1 Å². The smallest absolute Gasteiger partial charge is 0.388 e. The van der Waals surface area contributed by atoms with Gasteiger partial charge in [0, 0.05) is 35.1 Å². The lowest BCUT2D eigenvalue weighted by Gasteiger charge is -2.12. The third-order valence-corrected chi connectivity index (χ3v) is 6.40. The van der Waals surface area contributed by atoms with Crippen LogP contribution in [0.1, 0.15) is 27.6 Å². The summed E-state index contributed by atoms with van der Waals surface area (Å²) in [4.78, 5) is 24.1. The van der Waals surface area contributed by atoms with E-state index >= 15 is 0 Å². The highest BCUT2D eigenvalue weighted by Crippen LogP contribution is 2.31. The average molecular weight is 555 g/mol. The van der Waals surface area contributed by atoms with Gasteiger partial charge in [0.15, 0.2) is 5.78 Å². The van der Waals surface area contributed by atoms with E-state index in [1.807, 2.05) is 0 Å². The first kappa shape index (κ1) is 28.2. The Balaban J connectivity index is 0.000000934. The molecule has 4 rings (SSSR count). The van der Waals surface area contributed by atoms with Crippen molar-refractivity contribution < 1.29 is 35.2 Å². The van der Waals surface area contributed by atoms with Gasteiger partial charge in [0.25, 0.3) is 16.0 Å². The molecule has 0 saturated carbocycles. The molecule has 0 heterocycles. The molecule has 0 atom stereocenters. The molecular formula is C26H22N2O8S2. The highest BCUT2D eigenvalue weighted by Gasteiger charge is 2.19. The van der Waals surface area contributed by atoms with Crippen molar-refractivity contribution in [2.45, 2.75) is 11.8 Å². The van der Waals surface area contributed by atoms with Crippen molar-refractivity contribution in [3.05, 3.63) is 90.0 Å². The van der Waals surface area contributed by atoms with Crippen molar-refractivity contribution in [2.24, 2.45) is 0 Å². The standard InChI is InChI=1S/C26H22N2O5S.O3S/c1-16(29)18-3-4-20-14-21(6-5-19(20)13-18)26(30)28-23-11-12-24(25(15-23)34(31,32)33)17-7-9-22(27-2)10-8-17;1-4(2)3/h3-15,27H,1-2H3,(H,28,30)(H,31,32,33);. The number of ketones is 1. The van der Waals surface area contributed by atoms with Crippen molar-refractivity contribution in [1.82, 2.24) is 0 Å². The highest BCUT2D eigenvalue weighted by molar-refractivity contribution is 7.86. The van der Waals surface area contributed by atoms with Crippen LogP contribution in [-0.2, 0) is 20.7 Å². The number of benzene rings is 4. The van der Waals surface area contributed by atoms with Crippen LogP contribution < -0.4 is 10.6 Å². The Morgan fingerprint density at radius 1 is 0.763 bits per heavy atom. The number of rotatable bonds is 6. The van der Waals surface area contributed by atoms with Gasteiger partial charge in [-0.15, -0.1) is 12.6 Å². The van der Waals surface area contributed by atoms with Crippen molar-refractivity contribution in [1.29, 1.82) is 0 Å². The first-order valence-electron chi connectivity index (χ1n) is 10.9. The van der Waals surface area contributed by atoms with Gasteiger partial charge < -0.3 is 10.6 Å². The third-order valence-electron chi connectivity index (χ3n) is 5.51. The lowest BCUT2D eigenvalue weighted by molar-refractivity contribution is 0.101. The Labute approximate surface area is 220 Å². The third kappa shape index (κ3) is 7.09. The van der Waals surface area contributed by atoms with E-state index in [1.165, 1.54) is 19.1 Å². The number of anilines is 2. The minimum Gasteiger partial charge on any atom is -0.388 e. The maximum absolute atomic E-state index is 12.8. The van der Waals surface area contributed by atoms with E-state index in [1.54, 1.807) is 73.8 Å². The summed E-state index contributed by atoms with van der Waals surface area (Å²) in [7, 11) is -5.89. The number of hydrogen-bond donors (Lipinski definition) is 3. The van der Waals surface area contributed by atoms with E-state index in [2.05, 4.69) is 10.6 Å². The van der Waals surface area contributed by atoms with E-state index in [-0.39, 0.29) is 16.4 Å². The molecule has 38 heavy (non-hydrogen) atoms. The Kier molecular flexibility index (Phi) is 8.73. The van der Waals surface area contributed by atoms with Crippen LogP contribution in [0.3, 0.4) is 0 Å². The Hall–Kier alpha value is -4.39. The number of Topliss-reactive ketones (excluding diaryl/α,β-unsaturated/α-hetero) is 1. The molecule has 1 amide bonds. The SMILES string of the molecule is CNc1ccc(-c2ccc(NC(=O)c3ccc4cc(C(C)=O)ccc4c3)cc2S(=O)(=O)O)cc1.O=S(=O)=O. The molecule has 0 fully saturated rings. The second-order valence-corrected chi connectivity index (χ2v) is 9.80. The number of carbonyl (C=O) groups excluding carboxylic acids is 2. The van der Waals surface area contributed by atoms with Crippen LogP contribution in [0.25, 0.3) is 21.9 Å². The molecule has 3 N–H and O–H groups in total. The van der Waals surface area contributed by atoms with E-state index in [0.29, 0.717) is 22.3 Å². The summed E-state index contributed by atoms with van der Waals surface area (Å²) in [5.74, 6) is -0.482. The van der Waals surface area contributed by atoms with Gasteiger partial charge in [0.1, 0.15) is 4.90 Å². The number of nitrogens with one attached hydrogen (secondary N) is 2. The fraction of sp³-hybridized carbons (Fsp3) is 0.0769. The number of carbonyl (C=O) groups is 2. The summed E-state index contributed by atoms with van der Waals surface area (Å²) < 4.78 is 59.3. The first-order valence-corrected chi connectivity index (χ1v) is 13.4. The van der Waals surface area contributed by atoms with E-state index < -0.39 is 26.6 Å². The van der Waals surface area contributed by atoms with Crippen molar-refractivity contribution in [2.75, 3.05) is 17.7 Å². The van der Waals surface area contributed by atoms with Gasteiger partial charge in [-0.05, 0) is 65.7 Å². The molecule has 0 spiro atoms. The zero-order valence-electron chi connectivity index (χ0n) is 20.1. The van der Waals surface area contributed by atoms with Crippen LogP contribution in [0.5, 0.6) is 0 Å². The van der Waals surface area contributed by atoms with Crippen LogP contribution in [-0.4, -0.2) is 44.3 Å². The minimum absolute atomic E-state index is 0.0419. The molecule has 4 aromatic rings. The molecule has 12 heteroatoms. The van der Waals surface area contributed by atoms with Gasteiger partial charge >= 0.3 is 10.6 Å². The summed E-state index contributed by atoms with van der Waals surface area (Å²) in [5.41, 5.74) is 2.94. The maximum Gasteiger partial charge on any atom is 0.425 e. The number of hydrogen-bond acceptors (Lipinski definition) is 8. The van der Waals surface area contributed by atoms with E-state index in [0.717, 1.165) is 16.5 Å². The summed E-state index contributed by atoms with van der Waals surface area (Å²) >= 11 is 0. The van der Waals surface area contributed by atoms with Gasteiger partial charge in [-0.3, -0.25) is 14.1 Å². The fourth-order valence-corrected chi connectivity index (χ4v) is 4.42. The summed E-state index contributed by atoms with van der Waals surface area (Å²) in [6.45, 7) is 1.49. The summed E-state index contributed by atoms with van der Waals surface area (Å²) in [6.07, 6.45) is 0.